The van der Waals surface area contributed by atoms with E-state index in [1.165, 1.54) is 32.6 Å². The van der Waals surface area contributed by atoms with Crippen molar-refractivity contribution in [1.29, 1.82) is 0 Å². The quantitative estimate of drug-likeness (QED) is 0.165. The number of methoxy groups -OCH3 is 1. The zero-order valence-corrected chi connectivity index (χ0v) is 27.8. The molecule has 1 saturated heterocycles. The van der Waals surface area contributed by atoms with E-state index in [1.807, 2.05) is 36.4 Å². The highest BCUT2D eigenvalue weighted by molar-refractivity contribution is 6.32. The summed E-state index contributed by atoms with van der Waals surface area (Å²) >= 11 is 6.79. The van der Waals surface area contributed by atoms with Crippen LogP contribution in [0.5, 0.6) is 23.0 Å². The van der Waals surface area contributed by atoms with Crippen LogP contribution in [0.15, 0.2) is 67.0 Å². The van der Waals surface area contributed by atoms with Gasteiger partial charge in [-0.15, -0.1) is 0 Å². The molecule has 3 heterocycles. The van der Waals surface area contributed by atoms with Crippen molar-refractivity contribution in [1.82, 2.24) is 9.88 Å². The number of nitrogens with zero attached hydrogens (tertiary/aromatic N) is 2. The zero-order valence-electron chi connectivity index (χ0n) is 27.1. The number of carboxylic acid groups (broad SMARTS) is 1. The molecular formula is C37H39ClN2O8. The van der Waals surface area contributed by atoms with E-state index in [9.17, 15) is 9.90 Å². The lowest BCUT2D eigenvalue weighted by atomic mass is 9.96. The predicted molar refractivity (Wildman–Crippen MR) is 181 cm³/mol. The largest absolute Gasteiger partial charge is 0.488 e. The van der Waals surface area contributed by atoms with Gasteiger partial charge in [0.2, 0.25) is 0 Å². The van der Waals surface area contributed by atoms with Crippen molar-refractivity contribution in [2.45, 2.75) is 45.9 Å². The number of ether oxygens (including phenoxy) is 5. The molecule has 2 aliphatic heterocycles. The summed E-state index contributed by atoms with van der Waals surface area (Å²) in [6.07, 6.45) is 6.52. The number of benzene rings is 3. The molecule has 0 amide bonds. The van der Waals surface area contributed by atoms with E-state index in [4.69, 9.17) is 35.3 Å². The van der Waals surface area contributed by atoms with Gasteiger partial charge < -0.3 is 28.8 Å². The van der Waals surface area contributed by atoms with E-state index in [2.05, 4.69) is 33.7 Å². The number of carbonyl (C=O) groups is 2. The summed E-state index contributed by atoms with van der Waals surface area (Å²) in [4.78, 5) is 26.8. The van der Waals surface area contributed by atoms with Crippen molar-refractivity contribution in [2.75, 3.05) is 33.4 Å². The summed E-state index contributed by atoms with van der Waals surface area (Å²) in [7, 11) is 1.31. The molecule has 0 spiro atoms. The average Bonchev–Trinajstić information content (AvgIpc) is 3.11. The molecule has 11 heteroatoms. The lowest BCUT2D eigenvalue weighted by molar-refractivity contribution is -0.126. The Morgan fingerprint density at radius 1 is 0.938 bits per heavy atom. The van der Waals surface area contributed by atoms with Gasteiger partial charge in [0, 0.05) is 36.1 Å². The zero-order chi connectivity index (χ0) is 33.9. The van der Waals surface area contributed by atoms with Crippen LogP contribution in [0.4, 0.5) is 0 Å². The third-order valence-electron chi connectivity index (χ3n) is 8.17. The fourth-order valence-electron chi connectivity index (χ4n) is 5.67. The Hall–Kier alpha value is -4.80. The summed E-state index contributed by atoms with van der Waals surface area (Å²) in [5.74, 6) is 1.66. The molecule has 0 bridgehead atoms. The molecule has 0 atom stereocenters. The van der Waals surface area contributed by atoms with E-state index in [1.54, 1.807) is 12.3 Å². The Bertz CT molecular complexity index is 1720. The number of pyridine rings is 1. The first-order valence-corrected chi connectivity index (χ1v) is 16.2. The fraction of sp³-hybridized carbons (Fsp3) is 0.324. The van der Waals surface area contributed by atoms with Gasteiger partial charge in [-0.3, -0.25) is 14.7 Å². The normalized spacial score (nSPS) is 13.9. The molecule has 0 radical (unpaired) electrons. The summed E-state index contributed by atoms with van der Waals surface area (Å²) in [6.45, 7) is 6.80. The number of carbonyl (C=O) groups excluding carboxylic acids is 1. The minimum Gasteiger partial charge on any atom is -0.488 e. The Labute approximate surface area is 285 Å². The third kappa shape index (κ3) is 8.96. The highest BCUT2D eigenvalue weighted by atomic mass is 35.5. The van der Waals surface area contributed by atoms with Crippen molar-refractivity contribution in [3.05, 3.63) is 99.8 Å². The van der Waals surface area contributed by atoms with Crippen LogP contribution in [0.25, 0.3) is 11.1 Å². The van der Waals surface area contributed by atoms with Crippen LogP contribution in [0.1, 0.15) is 51.9 Å². The Morgan fingerprint density at radius 3 is 2.44 bits per heavy atom. The number of carboxylic acids is 1. The molecule has 4 aromatic rings. The van der Waals surface area contributed by atoms with E-state index < -0.39 is 5.97 Å². The molecule has 1 fully saturated rings. The molecule has 0 aliphatic carbocycles. The second kappa shape index (κ2) is 16.9. The molecule has 252 valence electrons. The van der Waals surface area contributed by atoms with Crippen LogP contribution < -0.4 is 18.9 Å². The van der Waals surface area contributed by atoms with Gasteiger partial charge in [-0.05, 0) is 79.4 Å². The van der Waals surface area contributed by atoms with Crippen LogP contribution >= 0.6 is 11.6 Å². The molecule has 1 aromatic heterocycles. The van der Waals surface area contributed by atoms with Gasteiger partial charge in [-0.1, -0.05) is 42.3 Å². The smallest absolute Gasteiger partial charge is 0.337 e. The molecule has 3 aromatic carbocycles. The number of hydrogen-bond donors (Lipinski definition) is 1. The number of halogens is 1. The minimum absolute atomic E-state index is 0.119. The average molecular weight is 675 g/mol. The van der Waals surface area contributed by atoms with Gasteiger partial charge in [0.05, 0.1) is 17.7 Å². The summed E-state index contributed by atoms with van der Waals surface area (Å²) in [5, 5.41) is 9.87. The van der Waals surface area contributed by atoms with Gasteiger partial charge in [0.25, 0.3) is 6.47 Å². The fourth-order valence-corrected chi connectivity index (χ4v) is 5.91. The lowest BCUT2D eigenvalue weighted by Crippen LogP contribution is -2.29. The van der Waals surface area contributed by atoms with Crippen LogP contribution in [-0.2, 0) is 29.3 Å². The minimum atomic E-state index is -1.03. The Kier molecular flexibility index (Phi) is 12.1. The highest BCUT2D eigenvalue weighted by Crippen LogP contribution is 2.38. The second-order valence-electron chi connectivity index (χ2n) is 11.5. The number of aromatic carboxylic acids is 1. The lowest BCUT2D eigenvalue weighted by Gasteiger charge is -2.27. The van der Waals surface area contributed by atoms with Gasteiger partial charge in [0.15, 0.2) is 11.5 Å². The number of piperidine rings is 1. The van der Waals surface area contributed by atoms with Gasteiger partial charge in [0.1, 0.15) is 37.9 Å². The Balaban J connectivity index is 0.00000107. The van der Waals surface area contributed by atoms with Crippen molar-refractivity contribution in [2.24, 2.45) is 0 Å². The standard InChI is InChI=1S/C35H35ClN2O6.C2H4O2/c1-23-26(6-5-7-29(23)25-8-9-31-34(16-25)42-13-12-41-31)22-44-33-17-32(43-21-24-14-27(35(39)40)19-37-18-24)28(15-30(33)36)20-38-10-3-2-4-11-38;1-4-2-3/h5-9,14-19H,2-4,10-13,20-22H2,1H3,(H,39,40);2H,1H3. The summed E-state index contributed by atoms with van der Waals surface area (Å²) < 4.78 is 27.9. The van der Waals surface area contributed by atoms with Gasteiger partial charge in [-0.25, -0.2) is 4.79 Å². The van der Waals surface area contributed by atoms with Gasteiger partial charge in [-0.2, -0.15) is 0 Å². The topological polar surface area (TPSA) is 117 Å². The summed E-state index contributed by atoms with van der Waals surface area (Å²) in [6, 6.07) is 17.5. The first-order valence-electron chi connectivity index (χ1n) is 15.8. The van der Waals surface area contributed by atoms with Crippen molar-refractivity contribution < 1.29 is 38.4 Å². The van der Waals surface area contributed by atoms with Crippen LogP contribution in [-0.4, -0.2) is 60.8 Å². The second-order valence-corrected chi connectivity index (χ2v) is 11.9. The molecule has 6 rings (SSSR count). The molecular weight excluding hydrogens is 636 g/mol. The maximum Gasteiger partial charge on any atom is 0.337 e. The maximum atomic E-state index is 11.4. The van der Waals surface area contributed by atoms with Crippen molar-refractivity contribution in [3.63, 3.8) is 0 Å². The highest BCUT2D eigenvalue weighted by Gasteiger charge is 2.18. The number of rotatable bonds is 11. The van der Waals surface area contributed by atoms with Crippen molar-refractivity contribution >= 4 is 24.0 Å². The molecule has 0 unspecified atom stereocenters. The molecule has 0 saturated carbocycles. The third-order valence-corrected chi connectivity index (χ3v) is 8.47. The van der Waals surface area contributed by atoms with Crippen LogP contribution in [0.3, 0.4) is 0 Å². The number of fused-ring (bicyclic) bond motifs is 1. The van der Waals surface area contributed by atoms with Crippen molar-refractivity contribution in [3.8, 4) is 34.1 Å². The molecule has 10 nitrogen and oxygen atoms in total. The maximum absolute atomic E-state index is 11.4. The van der Waals surface area contributed by atoms with E-state index >= 15 is 0 Å². The number of aromatic nitrogens is 1. The van der Waals surface area contributed by atoms with E-state index in [0.29, 0.717) is 54.9 Å². The van der Waals surface area contributed by atoms with E-state index in [0.717, 1.165) is 52.4 Å². The predicted octanol–water partition coefficient (Wildman–Crippen LogP) is 7.11. The molecule has 1 N–H and O–H groups in total. The molecule has 48 heavy (non-hydrogen) atoms. The van der Waals surface area contributed by atoms with E-state index in [-0.39, 0.29) is 12.2 Å². The SMILES string of the molecule is COC=O.Cc1c(COc2cc(OCc3cncc(C(=O)O)c3)c(CN3CCCCC3)cc2Cl)cccc1-c1ccc2c(c1)OCCO2. The number of hydrogen-bond acceptors (Lipinski definition) is 9. The first-order chi connectivity index (χ1) is 23.4. The monoisotopic (exact) mass is 674 g/mol. The molecule has 2 aliphatic rings. The Morgan fingerprint density at radius 2 is 1.69 bits per heavy atom. The first kappa shape index (κ1) is 34.5. The number of likely N-dealkylation sites (tertiary alicyclic amines) is 1. The van der Waals surface area contributed by atoms with Crippen LogP contribution in [0.2, 0.25) is 5.02 Å². The van der Waals surface area contributed by atoms with Gasteiger partial charge >= 0.3 is 5.97 Å². The van der Waals surface area contributed by atoms with Crippen LogP contribution in [0, 0.1) is 6.92 Å². The summed E-state index contributed by atoms with van der Waals surface area (Å²) in [5.41, 5.74) is 6.02.